The van der Waals surface area contributed by atoms with Gasteiger partial charge in [-0.1, -0.05) is 91.9 Å². The molecule has 0 amide bonds. The Morgan fingerprint density at radius 3 is 1.96 bits per heavy atom. The van der Waals surface area contributed by atoms with Gasteiger partial charge in [0.1, 0.15) is 0 Å². The molecule has 0 aliphatic rings. The fraction of sp³-hybridized carbons (Fsp3) is 1.00. The van der Waals surface area contributed by atoms with Gasteiger partial charge < -0.3 is 9.53 Å². The number of hydrogen-bond acceptors (Lipinski definition) is 2. The normalized spacial score (nSPS) is 17.6. The van der Waals surface area contributed by atoms with Crippen LogP contribution in [0.25, 0.3) is 0 Å². The molecule has 1 atom stereocenters. The summed E-state index contributed by atoms with van der Waals surface area (Å²) in [6.45, 7) is 14.2. The van der Waals surface area contributed by atoms with Gasteiger partial charge in [-0.05, 0) is 37.3 Å². The molecule has 0 unspecified atom stereocenters. The van der Waals surface area contributed by atoms with Crippen molar-refractivity contribution in [1.82, 2.24) is 0 Å². The summed E-state index contributed by atoms with van der Waals surface area (Å²) in [5.74, 6) is 0. The van der Waals surface area contributed by atoms with E-state index in [1.54, 1.807) is 0 Å². The third-order valence-corrected chi connectivity index (χ3v) is 9.85. The van der Waals surface area contributed by atoms with Crippen molar-refractivity contribution < 1.29 is 15.0 Å². The summed E-state index contributed by atoms with van der Waals surface area (Å²) < 4.78 is 38.5. The monoisotopic (exact) mass is 376 g/mol. The highest BCUT2D eigenvalue weighted by Gasteiger charge is 2.36. The molecule has 152 valence electrons. The lowest BCUT2D eigenvalue weighted by atomic mass is 10.0. The molecule has 0 fully saturated rings. The molecule has 1 N–H and O–H groups in total. The zero-order chi connectivity index (χ0) is 22.8. The lowest BCUT2D eigenvalue weighted by Gasteiger charge is -2.36. The fourth-order valence-corrected chi connectivity index (χ4v) is 3.49. The average Bonchev–Trinajstić information content (AvgIpc) is 2.59. The Hall–Kier alpha value is 0.137. The maximum absolute atomic E-state index is 10.1. The van der Waals surface area contributed by atoms with Crippen LogP contribution in [0.3, 0.4) is 0 Å². The molecule has 0 saturated heterocycles. The van der Waals surface area contributed by atoms with Crippen molar-refractivity contribution in [2.75, 3.05) is 6.61 Å². The molecule has 0 saturated carbocycles. The molecule has 0 bridgehead atoms. The minimum atomic E-state index is -2.19. The maximum Gasteiger partial charge on any atom is 0.191 e. The number of unbranched alkanes of at least 4 members (excludes halogenated alkanes) is 7. The summed E-state index contributed by atoms with van der Waals surface area (Å²) >= 11 is 0. The summed E-state index contributed by atoms with van der Waals surface area (Å²) in [6, 6.07) is 0. The van der Waals surface area contributed by atoms with Crippen LogP contribution in [-0.4, -0.2) is 26.1 Å². The summed E-state index contributed by atoms with van der Waals surface area (Å²) in [6.07, 6.45) is 3.90. The second kappa shape index (κ2) is 14.2. The van der Waals surface area contributed by atoms with Crippen LogP contribution in [0.1, 0.15) is 117 Å². The van der Waals surface area contributed by atoms with Gasteiger partial charge in [0.05, 0.1) is 6.10 Å². The number of rotatable bonds is 16. The van der Waals surface area contributed by atoms with Crippen molar-refractivity contribution in [2.24, 2.45) is 0 Å². The first-order chi connectivity index (χ1) is 13.2. The molecular weight excluding hydrogens is 324 g/mol. The van der Waals surface area contributed by atoms with Gasteiger partial charge in [0.2, 0.25) is 0 Å². The fourth-order valence-electron chi connectivity index (χ4n) is 2.40. The van der Waals surface area contributed by atoms with Crippen LogP contribution in [0.4, 0.5) is 0 Å². The topological polar surface area (TPSA) is 29.5 Å². The van der Waals surface area contributed by atoms with E-state index in [1.165, 1.54) is 12.8 Å². The summed E-state index contributed by atoms with van der Waals surface area (Å²) in [5.41, 5.74) is 0. The lowest BCUT2D eigenvalue weighted by molar-refractivity contribution is 0.148. The van der Waals surface area contributed by atoms with Gasteiger partial charge >= 0.3 is 0 Å². The molecule has 0 heterocycles. The average molecular weight is 377 g/mol. The first-order valence-electron chi connectivity index (χ1n) is 12.5. The van der Waals surface area contributed by atoms with Crippen molar-refractivity contribution >= 4 is 8.32 Å². The maximum atomic E-state index is 10.1. The molecule has 0 rings (SSSR count). The highest BCUT2D eigenvalue weighted by atomic mass is 28.4. The Labute approximate surface area is 165 Å². The molecule has 25 heavy (non-hydrogen) atoms. The second-order valence-corrected chi connectivity index (χ2v) is 13.6. The van der Waals surface area contributed by atoms with Gasteiger partial charge in [0.25, 0.3) is 0 Å². The largest absolute Gasteiger partial charge is 0.417 e. The molecule has 2 nitrogen and oxygen atoms in total. The van der Waals surface area contributed by atoms with Gasteiger partial charge in [-0.2, -0.15) is 0 Å². The van der Waals surface area contributed by atoms with E-state index in [-0.39, 0.29) is 11.5 Å². The minimum absolute atomic E-state index is 0.170. The lowest BCUT2D eigenvalue weighted by Crippen LogP contribution is -2.40. The Morgan fingerprint density at radius 2 is 1.44 bits per heavy atom. The number of hydrogen-bond donors (Lipinski definition) is 1. The second-order valence-electron chi connectivity index (χ2n) is 8.81. The Kier molecular flexibility index (Phi) is 10.5. The molecule has 0 aromatic heterocycles. The van der Waals surface area contributed by atoms with Gasteiger partial charge in [-0.15, -0.1) is 0 Å². The van der Waals surface area contributed by atoms with Crippen molar-refractivity contribution in [1.29, 1.82) is 0 Å². The Morgan fingerprint density at radius 1 is 0.920 bits per heavy atom. The van der Waals surface area contributed by atoms with E-state index in [0.29, 0.717) is 12.8 Å². The van der Waals surface area contributed by atoms with Gasteiger partial charge in [-0.25, -0.2) is 0 Å². The van der Waals surface area contributed by atoms with E-state index >= 15 is 0 Å². The smallest absolute Gasteiger partial charge is 0.191 e. The van der Waals surface area contributed by atoms with Crippen LogP contribution < -0.4 is 0 Å². The molecule has 0 aliphatic carbocycles. The quantitative estimate of drug-likeness (QED) is 0.224. The van der Waals surface area contributed by atoms with Crippen molar-refractivity contribution in [3.05, 3.63) is 0 Å². The standard InChI is InChI=1S/C22H48O2Si/c1-7-8-18-21(23)19-16-14-12-10-9-11-13-15-17-20-24-25(5,6)22(2,3)4/h21,23H,7-20H2,1-6H3/t21-/m0/s1/i16D2,19D2. The SMILES string of the molecule is [2H]C([2H])(CCCCCCCCCO[Si](C)(C)C(C)(C)C)C([2H])([2H])[C@@H](O)CCCC. The minimum Gasteiger partial charge on any atom is -0.417 e. The van der Waals surface area contributed by atoms with E-state index in [2.05, 4.69) is 33.9 Å². The summed E-state index contributed by atoms with van der Waals surface area (Å²) in [5, 5.41) is 10.3. The Balaban J connectivity index is 3.91. The highest BCUT2D eigenvalue weighted by Crippen LogP contribution is 2.36. The zero-order valence-corrected chi connectivity index (χ0v) is 18.9. The van der Waals surface area contributed by atoms with Crippen LogP contribution in [0.2, 0.25) is 18.1 Å². The molecule has 0 radical (unpaired) electrons. The summed E-state index contributed by atoms with van der Waals surface area (Å²) in [4.78, 5) is 0. The third kappa shape index (κ3) is 13.9. The van der Waals surface area contributed by atoms with Crippen LogP contribution in [0.15, 0.2) is 0 Å². The summed E-state index contributed by atoms with van der Waals surface area (Å²) in [7, 11) is -1.62. The molecule has 0 aromatic carbocycles. The third-order valence-electron chi connectivity index (χ3n) is 5.31. The van der Waals surface area contributed by atoms with E-state index in [9.17, 15) is 5.11 Å². The van der Waals surface area contributed by atoms with Crippen LogP contribution in [0, 0.1) is 0 Å². The van der Waals surface area contributed by atoms with Gasteiger partial charge in [0, 0.05) is 12.1 Å². The first-order valence-corrected chi connectivity index (χ1v) is 13.4. The zero-order valence-electron chi connectivity index (χ0n) is 21.9. The van der Waals surface area contributed by atoms with Gasteiger partial charge in [-0.3, -0.25) is 0 Å². The predicted molar refractivity (Wildman–Crippen MR) is 115 cm³/mol. The Bertz CT molecular complexity index is 437. The van der Waals surface area contributed by atoms with Gasteiger partial charge in [0.15, 0.2) is 8.32 Å². The van der Waals surface area contributed by atoms with E-state index in [1.807, 2.05) is 6.92 Å². The highest BCUT2D eigenvalue weighted by molar-refractivity contribution is 6.74. The van der Waals surface area contributed by atoms with Crippen LogP contribution in [-0.2, 0) is 4.43 Å². The first kappa shape index (κ1) is 18.5. The van der Waals surface area contributed by atoms with Crippen LogP contribution in [0.5, 0.6) is 0 Å². The van der Waals surface area contributed by atoms with Crippen molar-refractivity contribution in [3.8, 4) is 0 Å². The van der Waals surface area contributed by atoms with E-state index in [0.717, 1.165) is 45.1 Å². The number of aliphatic hydroxyl groups excluding tert-OH is 1. The van der Waals surface area contributed by atoms with Crippen molar-refractivity contribution in [3.63, 3.8) is 0 Å². The molecule has 0 spiro atoms. The predicted octanol–water partition coefficient (Wildman–Crippen LogP) is 7.46. The van der Waals surface area contributed by atoms with E-state index in [4.69, 9.17) is 9.91 Å². The molecule has 0 aromatic rings. The van der Waals surface area contributed by atoms with Crippen LogP contribution >= 0.6 is 0 Å². The van der Waals surface area contributed by atoms with E-state index < -0.39 is 27.2 Å². The molecule has 3 heteroatoms. The molecular formula is C22H48O2Si. The molecule has 0 aliphatic heterocycles. The number of aliphatic hydroxyl groups is 1. The van der Waals surface area contributed by atoms with Crippen molar-refractivity contribution in [2.45, 2.75) is 135 Å².